The van der Waals surface area contributed by atoms with Gasteiger partial charge in [-0.25, -0.2) is 9.59 Å². The fourth-order valence-corrected chi connectivity index (χ4v) is 4.85. The molecule has 2 aromatic rings. The second-order valence-electron chi connectivity index (χ2n) is 9.16. The highest BCUT2D eigenvalue weighted by molar-refractivity contribution is 5.92. The molecule has 35 heavy (non-hydrogen) atoms. The van der Waals surface area contributed by atoms with E-state index in [0.717, 1.165) is 28.7 Å². The molecule has 1 unspecified atom stereocenters. The number of ether oxygens (including phenoxy) is 1. The summed E-state index contributed by atoms with van der Waals surface area (Å²) in [5.74, 6) is -1.72. The van der Waals surface area contributed by atoms with E-state index in [4.69, 9.17) is 10.00 Å². The number of carbonyl (C=O) groups is 3. The van der Waals surface area contributed by atoms with Crippen LogP contribution in [0.3, 0.4) is 0 Å². The number of nitrogens with zero attached hydrogens (tertiary/aromatic N) is 1. The molecule has 1 saturated carbocycles. The van der Waals surface area contributed by atoms with Crippen LogP contribution in [0.25, 0.3) is 11.1 Å². The summed E-state index contributed by atoms with van der Waals surface area (Å²) in [7, 11) is 0. The number of alkyl carbamates (subject to hydrolysis) is 1. The van der Waals surface area contributed by atoms with Gasteiger partial charge in [-0.05, 0) is 60.8 Å². The highest BCUT2D eigenvalue weighted by Gasteiger charge is 2.46. The number of carboxylic acid groups (broad SMARTS) is 1. The average Bonchev–Trinajstić information content (AvgIpc) is 3.15. The number of benzene rings is 2. The number of fused-ring (bicyclic) bond motifs is 3. The fourth-order valence-electron chi connectivity index (χ4n) is 4.85. The van der Waals surface area contributed by atoms with E-state index in [9.17, 15) is 19.5 Å². The molecule has 2 aliphatic rings. The van der Waals surface area contributed by atoms with Gasteiger partial charge in [0, 0.05) is 12.3 Å². The Morgan fingerprint density at radius 3 is 2.23 bits per heavy atom. The van der Waals surface area contributed by atoms with Crippen LogP contribution in [0.2, 0.25) is 0 Å². The number of hydrogen-bond acceptors (Lipinski definition) is 5. The van der Waals surface area contributed by atoms with Crippen LogP contribution in [0, 0.1) is 11.3 Å². The molecule has 2 amide bonds. The Morgan fingerprint density at radius 1 is 1.06 bits per heavy atom. The highest BCUT2D eigenvalue weighted by atomic mass is 16.5. The minimum absolute atomic E-state index is 0.110. The van der Waals surface area contributed by atoms with Crippen LogP contribution in [0.4, 0.5) is 4.79 Å². The molecule has 0 aromatic heterocycles. The van der Waals surface area contributed by atoms with Crippen molar-refractivity contribution in [1.82, 2.24) is 10.6 Å². The first-order valence-electron chi connectivity index (χ1n) is 12.0. The van der Waals surface area contributed by atoms with Gasteiger partial charge in [-0.2, -0.15) is 5.26 Å². The zero-order chi connectivity index (χ0) is 24.8. The fraction of sp³-hybridized carbons (Fsp3) is 0.407. The molecule has 1 atom stereocenters. The van der Waals surface area contributed by atoms with E-state index in [2.05, 4.69) is 28.8 Å². The third kappa shape index (κ3) is 5.14. The Balaban J connectivity index is 1.41. The predicted octanol–water partition coefficient (Wildman–Crippen LogP) is 4.10. The molecule has 8 heteroatoms. The number of nitrogens with one attached hydrogen (secondary N) is 2. The van der Waals surface area contributed by atoms with Gasteiger partial charge >= 0.3 is 12.1 Å². The van der Waals surface area contributed by atoms with Crippen LogP contribution < -0.4 is 10.6 Å². The summed E-state index contributed by atoms with van der Waals surface area (Å²) in [6.07, 6.45) is 2.46. The van der Waals surface area contributed by atoms with Gasteiger partial charge in [0.2, 0.25) is 5.91 Å². The van der Waals surface area contributed by atoms with Crippen molar-refractivity contribution < 1.29 is 24.2 Å². The van der Waals surface area contributed by atoms with Crippen LogP contribution >= 0.6 is 0 Å². The molecule has 0 aliphatic heterocycles. The van der Waals surface area contributed by atoms with Crippen LogP contribution in [0.1, 0.15) is 62.0 Å². The van der Waals surface area contributed by atoms with Crippen LogP contribution in [0.15, 0.2) is 48.5 Å². The molecule has 1 fully saturated rings. The largest absolute Gasteiger partial charge is 0.480 e. The van der Waals surface area contributed by atoms with Crippen LogP contribution in [0.5, 0.6) is 0 Å². The van der Waals surface area contributed by atoms with Gasteiger partial charge in [0.1, 0.15) is 18.2 Å². The Hall–Kier alpha value is -3.86. The lowest BCUT2D eigenvalue weighted by Gasteiger charge is -2.39. The van der Waals surface area contributed by atoms with Crippen molar-refractivity contribution >= 4 is 18.0 Å². The van der Waals surface area contributed by atoms with Crippen molar-refractivity contribution in [2.45, 2.75) is 62.4 Å². The van der Waals surface area contributed by atoms with Crippen molar-refractivity contribution in [3.63, 3.8) is 0 Å². The topological polar surface area (TPSA) is 129 Å². The summed E-state index contributed by atoms with van der Waals surface area (Å²) in [4.78, 5) is 37.3. The smallest absolute Gasteiger partial charge is 0.407 e. The first kappa shape index (κ1) is 24.3. The van der Waals surface area contributed by atoms with E-state index in [0.29, 0.717) is 32.1 Å². The number of unbranched alkanes of at least 4 members (excludes halogenated alkanes) is 2. The summed E-state index contributed by atoms with van der Waals surface area (Å²) < 4.78 is 5.57. The van der Waals surface area contributed by atoms with Gasteiger partial charge in [-0.3, -0.25) is 4.79 Å². The number of rotatable bonds is 10. The van der Waals surface area contributed by atoms with E-state index in [1.165, 1.54) is 0 Å². The number of hydrogen-bond donors (Lipinski definition) is 3. The number of carbonyl (C=O) groups excluding carboxylic acids is 2. The quantitative estimate of drug-likeness (QED) is 0.444. The second-order valence-corrected chi connectivity index (χ2v) is 9.16. The summed E-state index contributed by atoms with van der Waals surface area (Å²) in [5, 5.41) is 23.6. The Kier molecular flexibility index (Phi) is 7.35. The molecule has 0 spiro atoms. The third-order valence-corrected chi connectivity index (χ3v) is 6.96. The zero-order valence-corrected chi connectivity index (χ0v) is 19.5. The SMILES string of the molecule is N#CCCCCC(NC(=O)OCC1c2ccccc2-c2ccccc21)C(=O)NC1(C(=O)O)CCC1. The highest BCUT2D eigenvalue weighted by Crippen LogP contribution is 2.44. The number of nitriles is 1. The first-order chi connectivity index (χ1) is 16.9. The first-order valence-corrected chi connectivity index (χ1v) is 12.0. The van der Waals surface area contributed by atoms with Crippen LogP contribution in [-0.2, 0) is 14.3 Å². The molecule has 0 bridgehead atoms. The molecule has 0 radical (unpaired) electrons. The van der Waals surface area contributed by atoms with E-state index in [-0.39, 0.29) is 18.9 Å². The maximum absolute atomic E-state index is 12.9. The monoisotopic (exact) mass is 475 g/mol. The lowest BCUT2D eigenvalue weighted by molar-refractivity contribution is -0.152. The minimum Gasteiger partial charge on any atom is -0.480 e. The summed E-state index contributed by atoms with van der Waals surface area (Å²) in [6, 6.07) is 17.1. The standard InChI is InChI=1S/C27H29N3O5/c28-16-7-1-2-13-23(24(31)30-27(25(32)33)14-8-15-27)29-26(34)35-17-22-20-11-5-3-9-18(20)19-10-4-6-12-21(19)22/h3-6,9-12,22-23H,1-2,7-8,13-15,17H2,(H,29,34)(H,30,31)(H,32,33). The summed E-state index contributed by atoms with van der Waals surface area (Å²) in [6.45, 7) is 0.113. The van der Waals surface area contributed by atoms with Gasteiger partial charge in [-0.1, -0.05) is 48.5 Å². The number of amides is 2. The zero-order valence-electron chi connectivity index (χ0n) is 19.5. The average molecular weight is 476 g/mol. The van der Waals surface area contributed by atoms with Gasteiger partial charge in [0.15, 0.2) is 0 Å². The van der Waals surface area contributed by atoms with Gasteiger partial charge < -0.3 is 20.5 Å². The molecular formula is C27H29N3O5. The lowest BCUT2D eigenvalue weighted by atomic mass is 9.76. The maximum atomic E-state index is 12.9. The molecular weight excluding hydrogens is 446 g/mol. The third-order valence-electron chi connectivity index (χ3n) is 6.96. The molecule has 4 rings (SSSR count). The van der Waals surface area contributed by atoms with Crippen molar-refractivity contribution in [2.75, 3.05) is 6.61 Å². The van der Waals surface area contributed by atoms with E-state index >= 15 is 0 Å². The molecule has 0 saturated heterocycles. The van der Waals surface area contributed by atoms with Crippen LogP contribution in [-0.4, -0.2) is 41.3 Å². The molecule has 0 heterocycles. The minimum atomic E-state index is -1.27. The summed E-state index contributed by atoms with van der Waals surface area (Å²) >= 11 is 0. The Labute approximate surface area is 204 Å². The Morgan fingerprint density at radius 2 is 1.69 bits per heavy atom. The van der Waals surface area contributed by atoms with Crippen molar-refractivity contribution in [3.8, 4) is 17.2 Å². The summed E-state index contributed by atoms with van der Waals surface area (Å²) in [5.41, 5.74) is 3.13. The second kappa shape index (κ2) is 10.6. The van der Waals surface area contributed by atoms with E-state index in [1.54, 1.807) is 0 Å². The molecule has 3 N–H and O–H groups in total. The van der Waals surface area contributed by atoms with E-state index in [1.807, 2.05) is 36.4 Å². The van der Waals surface area contributed by atoms with Crippen molar-refractivity contribution in [3.05, 3.63) is 59.7 Å². The Bertz CT molecular complexity index is 1110. The number of aliphatic carboxylic acids is 1. The lowest BCUT2D eigenvalue weighted by Crippen LogP contribution is -2.62. The number of carboxylic acids is 1. The maximum Gasteiger partial charge on any atom is 0.407 e. The van der Waals surface area contributed by atoms with Crippen molar-refractivity contribution in [1.29, 1.82) is 5.26 Å². The van der Waals surface area contributed by atoms with E-state index < -0.39 is 29.6 Å². The normalized spacial score (nSPS) is 16.1. The van der Waals surface area contributed by atoms with Gasteiger partial charge in [-0.15, -0.1) is 0 Å². The molecule has 8 nitrogen and oxygen atoms in total. The van der Waals surface area contributed by atoms with Gasteiger partial charge in [0.25, 0.3) is 0 Å². The van der Waals surface area contributed by atoms with Gasteiger partial charge in [0.05, 0.1) is 6.07 Å². The molecule has 182 valence electrons. The molecule has 2 aromatic carbocycles. The van der Waals surface area contributed by atoms with Crippen molar-refractivity contribution in [2.24, 2.45) is 0 Å². The molecule has 2 aliphatic carbocycles. The predicted molar refractivity (Wildman–Crippen MR) is 128 cm³/mol.